The molecule has 0 aromatic carbocycles. The van der Waals surface area contributed by atoms with Crippen LogP contribution < -0.4 is 0 Å². The van der Waals surface area contributed by atoms with Gasteiger partial charge < -0.3 is 39.4 Å². The highest BCUT2D eigenvalue weighted by Crippen LogP contribution is 2.45. The topological polar surface area (TPSA) is 218 Å². The van der Waals surface area contributed by atoms with Crippen LogP contribution in [0.5, 0.6) is 0 Å². The first-order valence-corrected chi connectivity index (χ1v) is 26.6. The Hall–Kier alpha value is -3.22. The van der Waals surface area contributed by atoms with Gasteiger partial charge >= 0.3 is 11.9 Å². The Balaban J connectivity index is 0.000000258. The first kappa shape index (κ1) is 56.7. The van der Waals surface area contributed by atoms with Crippen molar-refractivity contribution in [1.29, 1.82) is 0 Å². The summed E-state index contributed by atoms with van der Waals surface area (Å²) in [7, 11) is 0. The standard InChI is InChI=1S/C27H41NO6S.C26H39NO6S/c1-15-9-8-10-27(7)22(34-27)12-20(16(2)11-19-14-35-18(4)28-19)33-23(30)13-21(29)26(5,6)25(32)17(3)24(15)31;1-14-8-7-9-19-21(32-19)11-20(15(2)10-18-13-34-17(4)27-18)33-23(29)12-22(28)26(5,6)25(31)16(3)24(14)30/h11,14-15,17,20-22,24,29,31H,8-10,12-13H2,1-7H3;10,13-14,16,19-22,24,28,30H,7-9,11-12H2,1-6H3/b16-11+;15-10+/t15-,17+,20-,21-,22?,24-,27+;14-,16+,19+,20-,21?,22-,24-/m00/s1. The lowest BCUT2D eigenvalue weighted by atomic mass is 9.73. The van der Waals surface area contributed by atoms with Crippen molar-refractivity contribution in [2.24, 2.45) is 34.5 Å². The van der Waals surface area contributed by atoms with Gasteiger partial charge in [0.1, 0.15) is 23.8 Å². The normalized spacial score (nSPS) is 36.7. The third-order valence-electron chi connectivity index (χ3n) is 15.3. The Kier molecular flexibility index (Phi) is 19.3. The molecule has 4 N–H and O–H groups in total. The average Bonchev–Trinajstić information content (AvgIpc) is 4.04. The molecule has 6 rings (SSSR count). The average molecular weight is 1000 g/mol. The number of fused-ring (bicyclic) bond motifs is 2. The Morgan fingerprint density at radius 3 is 1.52 bits per heavy atom. The van der Waals surface area contributed by atoms with Crippen molar-refractivity contribution < 1.29 is 58.6 Å². The van der Waals surface area contributed by atoms with Crippen LogP contribution in [0, 0.1) is 48.3 Å². The number of Topliss-reactive ketones (excluding diaryl/α,β-unsaturated/α-hetero) is 2. The van der Waals surface area contributed by atoms with Crippen molar-refractivity contribution in [3.63, 3.8) is 0 Å². The number of hydrogen-bond donors (Lipinski definition) is 4. The van der Waals surface area contributed by atoms with Gasteiger partial charge in [0.2, 0.25) is 0 Å². The number of hydrogen-bond acceptors (Lipinski definition) is 16. The lowest BCUT2D eigenvalue weighted by Crippen LogP contribution is -2.45. The minimum Gasteiger partial charge on any atom is -0.458 e. The van der Waals surface area contributed by atoms with Gasteiger partial charge in [0.15, 0.2) is 0 Å². The number of aliphatic hydroxyl groups is 4. The second kappa shape index (κ2) is 23.6. The molecule has 0 bridgehead atoms. The minimum atomic E-state index is -1.23. The molecule has 0 spiro atoms. The van der Waals surface area contributed by atoms with E-state index in [9.17, 15) is 39.6 Å². The van der Waals surface area contributed by atoms with E-state index in [1.807, 2.05) is 64.5 Å². The second-order valence-electron chi connectivity index (χ2n) is 21.9. The Morgan fingerprint density at radius 1 is 0.652 bits per heavy atom. The highest BCUT2D eigenvalue weighted by atomic mass is 32.1. The number of aryl methyl sites for hydroxylation is 2. The summed E-state index contributed by atoms with van der Waals surface area (Å²) in [5.41, 5.74) is 0.673. The fourth-order valence-electron chi connectivity index (χ4n) is 9.85. The number of ether oxygens (including phenoxy) is 4. The van der Waals surface area contributed by atoms with E-state index in [-0.39, 0.29) is 60.2 Å². The van der Waals surface area contributed by atoms with Crippen LogP contribution in [0.25, 0.3) is 12.2 Å². The van der Waals surface area contributed by atoms with E-state index in [1.165, 1.54) is 0 Å². The zero-order valence-electron chi connectivity index (χ0n) is 43.2. The molecule has 2 unspecified atom stereocenters. The van der Waals surface area contributed by atoms with Crippen LogP contribution in [0.15, 0.2) is 21.9 Å². The SMILES string of the molecule is C/C(=C\c1csc(C)n1)[C@@H]1CC2O[C@@H]2CCC[C@H](C)[C@H](O)[C@@H](C)C(=O)C(C)(C)[C@@H](O)CC(=O)O1.C/C(=C\c1csc(C)n1)[C@@H]1CC2O[C@]2(C)CCC[C@H](C)[C@H](O)[C@@H](C)C(=O)C(C)(C)[C@@H](O)CC(=O)O1. The van der Waals surface area contributed by atoms with E-state index in [4.69, 9.17) is 18.9 Å². The van der Waals surface area contributed by atoms with Gasteiger partial charge in [-0.3, -0.25) is 19.2 Å². The Morgan fingerprint density at radius 2 is 1.09 bits per heavy atom. The Labute approximate surface area is 417 Å². The monoisotopic (exact) mass is 1000 g/mol. The van der Waals surface area contributed by atoms with Crippen LogP contribution in [0.2, 0.25) is 0 Å². The molecule has 0 saturated carbocycles. The summed E-state index contributed by atoms with van der Waals surface area (Å²) in [5.74, 6) is -3.06. The van der Waals surface area contributed by atoms with Crippen LogP contribution in [0.4, 0.5) is 0 Å². The largest absolute Gasteiger partial charge is 0.458 e. The van der Waals surface area contributed by atoms with Gasteiger partial charge in [-0.2, -0.15) is 0 Å². The number of thiazole rings is 2. The van der Waals surface area contributed by atoms with Gasteiger partial charge in [-0.15, -0.1) is 22.7 Å². The zero-order chi connectivity index (χ0) is 51.3. The second-order valence-corrected chi connectivity index (χ2v) is 24.0. The molecule has 14 atom stereocenters. The van der Waals surface area contributed by atoms with Gasteiger partial charge in [0.25, 0.3) is 0 Å². The number of carbonyl (C=O) groups excluding carboxylic acids is 4. The van der Waals surface area contributed by atoms with E-state index in [0.29, 0.717) is 12.8 Å². The van der Waals surface area contributed by atoms with Crippen molar-refractivity contribution in [1.82, 2.24) is 9.97 Å². The molecule has 2 aromatic rings. The van der Waals surface area contributed by atoms with Crippen molar-refractivity contribution in [2.45, 2.75) is 215 Å². The number of rotatable bonds is 4. The molecule has 14 nitrogen and oxygen atoms in total. The maximum Gasteiger partial charge on any atom is 0.309 e. The third-order valence-corrected chi connectivity index (χ3v) is 16.9. The van der Waals surface area contributed by atoms with Crippen LogP contribution in [-0.4, -0.2) is 114 Å². The van der Waals surface area contributed by atoms with E-state index < -0.39 is 71.2 Å². The predicted molar refractivity (Wildman–Crippen MR) is 267 cm³/mol. The van der Waals surface area contributed by atoms with Gasteiger partial charge in [0, 0.05) is 35.4 Å². The molecular weight excluding hydrogens is 921 g/mol. The minimum absolute atomic E-state index is 0.00770. The van der Waals surface area contributed by atoms with Gasteiger partial charge in [-0.05, 0) is 95.4 Å². The quantitative estimate of drug-likeness (QED) is 0.167. The molecule has 4 aliphatic heterocycles. The highest BCUT2D eigenvalue weighted by molar-refractivity contribution is 7.09. The molecule has 0 amide bonds. The molecule has 0 radical (unpaired) electrons. The van der Waals surface area contributed by atoms with E-state index in [2.05, 4.69) is 16.9 Å². The number of aromatic nitrogens is 2. The Bertz CT molecular complexity index is 2160. The van der Waals surface area contributed by atoms with Gasteiger partial charge in [-0.25, -0.2) is 9.97 Å². The van der Waals surface area contributed by atoms with Crippen LogP contribution in [0.3, 0.4) is 0 Å². The number of aliphatic hydroxyl groups excluding tert-OH is 4. The number of ketones is 2. The number of epoxide rings is 2. The van der Waals surface area contributed by atoms with Crippen molar-refractivity contribution in [3.8, 4) is 0 Å². The van der Waals surface area contributed by atoms with Crippen molar-refractivity contribution >= 4 is 58.3 Å². The molecular formula is C53H80N2O12S2. The van der Waals surface area contributed by atoms with Crippen LogP contribution in [-0.2, 0) is 38.1 Å². The zero-order valence-corrected chi connectivity index (χ0v) is 44.8. The lowest BCUT2D eigenvalue weighted by Gasteiger charge is -2.34. The molecule has 0 aliphatic carbocycles. The summed E-state index contributed by atoms with van der Waals surface area (Å²) in [6.45, 7) is 23.6. The number of cyclic esters (lactones) is 2. The van der Waals surface area contributed by atoms with Crippen molar-refractivity contribution in [2.75, 3.05) is 0 Å². The van der Waals surface area contributed by atoms with Crippen molar-refractivity contribution in [3.05, 3.63) is 43.3 Å². The number of nitrogens with zero attached hydrogens (tertiary/aromatic N) is 2. The summed E-state index contributed by atoms with van der Waals surface area (Å²) >= 11 is 3.12. The number of carbonyl (C=O) groups is 4. The molecule has 2 aromatic heterocycles. The maximum absolute atomic E-state index is 13.2. The summed E-state index contributed by atoms with van der Waals surface area (Å²) < 4.78 is 23.6. The number of esters is 2. The molecule has 6 heterocycles. The van der Waals surface area contributed by atoms with E-state index in [0.717, 1.165) is 71.1 Å². The van der Waals surface area contributed by atoms with Crippen LogP contribution >= 0.6 is 22.7 Å². The lowest BCUT2D eigenvalue weighted by molar-refractivity contribution is -0.156. The summed E-state index contributed by atoms with van der Waals surface area (Å²) in [4.78, 5) is 61.1. The first-order chi connectivity index (χ1) is 32.1. The van der Waals surface area contributed by atoms with E-state index in [1.54, 1.807) is 64.2 Å². The molecule has 4 saturated heterocycles. The van der Waals surface area contributed by atoms with Crippen LogP contribution in [0.1, 0.15) is 162 Å². The summed E-state index contributed by atoms with van der Waals surface area (Å²) in [6, 6.07) is 0. The van der Waals surface area contributed by atoms with Gasteiger partial charge in [0.05, 0.1) is 93.4 Å². The highest BCUT2D eigenvalue weighted by Gasteiger charge is 2.53. The van der Waals surface area contributed by atoms with E-state index >= 15 is 0 Å². The predicted octanol–water partition coefficient (Wildman–Crippen LogP) is 8.56. The molecule has 386 valence electrons. The summed E-state index contributed by atoms with van der Waals surface area (Å²) in [5, 5.41) is 49.1. The summed E-state index contributed by atoms with van der Waals surface area (Å²) in [6.07, 6.45) is 4.27. The molecule has 4 fully saturated rings. The molecule has 4 aliphatic rings. The smallest absolute Gasteiger partial charge is 0.309 e. The fraction of sp³-hybridized carbons (Fsp3) is 0.736. The molecule has 16 heteroatoms. The molecule has 69 heavy (non-hydrogen) atoms. The third kappa shape index (κ3) is 14.9. The fourth-order valence-corrected chi connectivity index (χ4v) is 11.0. The maximum atomic E-state index is 13.2. The first-order valence-electron chi connectivity index (χ1n) is 24.9. The van der Waals surface area contributed by atoms with Gasteiger partial charge in [-0.1, -0.05) is 68.2 Å².